The largest absolute Gasteiger partial charge is 0.362 e. The van der Waals surface area contributed by atoms with Crippen LogP contribution in [0.25, 0.3) is 5.70 Å². The summed E-state index contributed by atoms with van der Waals surface area (Å²) in [6, 6.07) is 12.3. The van der Waals surface area contributed by atoms with Gasteiger partial charge in [0.1, 0.15) is 5.82 Å². The van der Waals surface area contributed by atoms with Gasteiger partial charge in [0.2, 0.25) is 0 Å². The number of benzene rings is 2. The smallest absolute Gasteiger partial charge is 0.126 e. The summed E-state index contributed by atoms with van der Waals surface area (Å²) in [5.41, 5.74) is 4.81. The van der Waals surface area contributed by atoms with Gasteiger partial charge in [-0.25, -0.2) is 4.39 Å². The summed E-state index contributed by atoms with van der Waals surface area (Å²) in [7, 11) is 0. The Hall–Kier alpha value is -2.78. The summed E-state index contributed by atoms with van der Waals surface area (Å²) in [6.07, 6.45) is 6.02. The highest BCUT2D eigenvalue weighted by molar-refractivity contribution is 6.30. The SMILES string of the molecule is C=C1C=C(NC(=C)c2ccc(Cl)cc2Cc2ccccc2F)C=CN1. The topological polar surface area (TPSA) is 24.1 Å². The summed E-state index contributed by atoms with van der Waals surface area (Å²) in [5.74, 6) is -0.229. The summed E-state index contributed by atoms with van der Waals surface area (Å²) >= 11 is 6.15. The van der Waals surface area contributed by atoms with Crippen molar-refractivity contribution in [3.05, 3.63) is 113 Å². The maximum absolute atomic E-state index is 14.0. The van der Waals surface area contributed by atoms with Crippen LogP contribution in [0.15, 0.2) is 85.4 Å². The Morgan fingerprint density at radius 3 is 2.72 bits per heavy atom. The van der Waals surface area contributed by atoms with Gasteiger partial charge in [-0.2, -0.15) is 0 Å². The normalized spacial score (nSPS) is 13.2. The van der Waals surface area contributed by atoms with Crippen LogP contribution in [-0.4, -0.2) is 0 Å². The molecule has 3 rings (SSSR count). The van der Waals surface area contributed by atoms with Crippen molar-refractivity contribution in [3.63, 3.8) is 0 Å². The molecule has 0 aromatic heterocycles. The molecule has 1 aliphatic rings. The molecule has 1 aliphatic heterocycles. The molecule has 0 saturated carbocycles. The lowest BCUT2D eigenvalue weighted by Crippen LogP contribution is -2.16. The molecule has 0 fully saturated rings. The highest BCUT2D eigenvalue weighted by atomic mass is 35.5. The second-order valence-corrected chi connectivity index (χ2v) is 6.21. The molecule has 0 spiro atoms. The monoisotopic (exact) mass is 352 g/mol. The van der Waals surface area contributed by atoms with Crippen molar-refractivity contribution < 1.29 is 4.39 Å². The predicted molar refractivity (Wildman–Crippen MR) is 102 cm³/mol. The fraction of sp³-hybridized carbons (Fsp3) is 0.0476. The average molecular weight is 353 g/mol. The van der Waals surface area contributed by atoms with Crippen LogP contribution in [0, 0.1) is 5.82 Å². The Morgan fingerprint density at radius 1 is 1.16 bits per heavy atom. The second kappa shape index (κ2) is 7.41. The van der Waals surface area contributed by atoms with Gasteiger partial charge in [0.25, 0.3) is 0 Å². The maximum atomic E-state index is 14.0. The highest BCUT2D eigenvalue weighted by Gasteiger charge is 2.11. The summed E-state index contributed by atoms with van der Waals surface area (Å²) in [5, 5.41) is 6.88. The van der Waals surface area contributed by atoms with Crippen LogP contribution in [0.1, 0.15) is 16.7 Å². The number of hydrogen-bond acceptors (Lipinski definition) is 2. The van der Waals surface area contributed by atoms with Gasteiger partial charge in [0.05, 0.1) is 0 Å². The zero-order chi connectivity index (χ0) is 17.8. The Bertz CT molecular complexity index is 897. The fourth-order valence-corrected chi connectivity index (χ4v) is 2.88. The van der Waals surface area contributed by atoms with E-state index in [9.17, 15) is 4.39 Å². The lowest BCUT2D eigenvalue weighted by Gasteiger charge is -2.17. The summed E-state index contributed by atoms with van der Waals surface area (Å²) < 4.78 is 14.0. The molecule has 2 nitrogen and oxygen atoms in total. The minimum Gasteiger partial charge on any atom is -0.362 e. The van der Waals surface area contributed by atoms with Crippen molar-refractivity contribution >= 4 is 17.3 Å². The number of allylic oxidation sites excluding steroid dienone is 2. The molecule has 2 aromatic carbocycles. The molecule has 1 heterocycles. The van der Waals surface area contributed by atoms with Crippen molar-refractivity contribution in [3.8, 4) is 0 Å². The Morgan fingerprint density at radius 2 is 1.96 bits per heavy atom. The van der Waals surface area contributed by atoms with Crippen LogP contribution < -0.4 is 10.6 Å². The van der Waals surface area contributed by atoms with E-state index in [0.717, 1.165) is 22.5 Å². The molecule has 0 amide bonds. The van der Waals surface area contributed by atoms with E-state index in [4.69, 9.17) is 11.6 Å². The quantitative estimate of drug-likeness (QED) is 0.778. The Labute approximate surface area is 152 Å². The van der Waals surface area contributed by atoms with Crippen molar-refractivity contribution in [1.29, 1.82) is 0 Å². The van der Waals surface area contributed by atoms with Crippen LogP contribution in [-0.2, 0) is 6.42 Å². The first kappa shape index (κ1) is 17.1. The van der Waals surface area contributed by atoms with Gasteiger partial charge in [0, 0.05) is 40.3 Å². The van der Waals surface area contributed by atoms with Crippen LogP contribution in [0.4, 0.5) is 4.39 Å². The summed E-state index contributed by atoms with van der Waals surface area (Å²) in [4.78, 5) is 0. The van der Waals surface area contributed by atoms with E-state index in [1.54, 1.807) is 24.4 Å². The first-order chi connectivity index (χ1) is 12.0. The standard InChI is InChI=1S/C21H18ClFN2/c1-14-11-19(9-10-24-14)25-15(2)20-8-7-18(22)13-17(20)12-16-5-3-4-6-21(16)23/h3-11,13,24-25H,1-2,12H2. The van der Waals surface area contributed by atoms with Gasteiger partial charge in [-0.3, -0.25) is 0 Å². The number of rotatable bonds is 5. The van der Waals surface area contributed by atoms with E-state index in [1.807, 2.05) is 30.4 Å². The van der Waals surface area contributed by atoms with Gasteiger partial charge in [0.15, 0.2) is 0 Å². The third kappa shape index (κ3) is 4.20. The highest BCUT2D eigenvalue weighted by Crippen LogP contribution is 2.25. The van der Waals surface area contributed by atoms with Gasteiger partial charge in [-0.15, -0.1) is 0 Å². The molecule has 25 heavy (non-hydrogen) atoms. The third-order valence-electron chi connectivity index (χ3n) is 3.89. The molecular weight excluding hydrogens is 335 g/mol. The predicted octanol–water partition coefficient (Wildman–Crippen LogP) is 5.14. The first-order valence-electron chi connectivity index (χ1n) is 7.85. The minimum atomic E-state index is -0.229. The minimum absolute atomic E-state index is 0.229. The molecular formula is C21H18ClFN2. The van der Waals surface area contributed by atoms with Crippen molar-refractivity contribution in [2.24, 2.45) is 0 Å². The van der Waals surface area contributed by atoms with Crippen molar-refractivity contribution in [2.75, 3.05) is 0 Å². The Balaban J connectivity index is 1.88. The third-order valence-corrected chi connectivity index (χ3v) is 4.12. The molecule has 4 heteroatoms. The van der Waals surface area contributed by atoms with Crippen LogP contribution in [0.3, 0.4) is 0 Å². The summed E-state index contributed by atoms with van der Waals surface area (Å²) in [6.45, 7) is 8.00. The molecule has 2 aromatic rings. The lowest BCUT2D eigenvalue weighted by atomic mass is 9.97. The van der Waals surface area contributed by atoms with E-state index in [2.05, 4.69) is 23.8 Å². The van der Waals surface area contributed by atoms with E-state index in [-0.39, 0.29) is 5.82 Å². The zero-order valence-electron chi connectivity index (χ0n) is 13.7. The molecule has 0 atom stereocenters. The molecule has 0 bridgehead atoms. The van der Waals surface area contributed by atoms with Crippen molar-refractivity contribution in [1.82, 2.24) is 10.6 Å². The average Bonchev–Trinajstić information content (AvgIpc) is 2.57. The fourth-order valence-electron chi connectivity index (χ4n) is 2.69. The molecule has 0 unspecified atom stereocenters. The molecule has 126 valence electrons. The second-order valence-electron chi connectivity index (χ2n) is 5.78. The number of hydrogen-bond donors (Lipinski definition) is 2. The maximum Gasteiger partial charge on any atom is 0.126 e. The van der Waals surface area contributed by atoms with Gasteiger partial charge >= 0.3 is 0 Å². The number of dihydropyridines is 1. The molecule has 0 saturated heterocycles. The number of halogens is 2. The van der Waals surface area contributed by atoms with E-state index >= 15 is 0 Å². The Kier molecular flexibility index (Phi) is 5.05. The van der Waals surface area contributed by atoms with Gasteiger partial charge in [-0.05, 0) is 41.5 Å². The van der Waals surface area contributed by atoms with Crippen molar-refractivity contribution in [2.45, 2.75) is 6.42 Å². The molecule has 0 aliphatic carbocycles. The van der Waals surface area contributed by atoms with Crippen LogP contribution in [0.2, 0.25) is 5.02 Å². The lowest BCUT2D eigenvalue weighted by molar-refractivity contribution is 0.614. The first-order valence-corrected chi connectivity index (χ1v) is 8.22. The van der Waals surface area contributed by atoms with Gasteiger partial charge in [-0.1, -0.05) is 49.0 Å². The molecule has 0 radical (unpaired) electrons. The molecule has 2 N–H and O–H groups in total. The van der Waals surface area contributed by atoms with E-state index in [1.165, 1.54) is 6.07 Å². The van der Waals surface area contributed by atoms with Gasteiger partial charge < -0.3 is 10.6 Å². The van der Waals surface area contributed by atoms with E-state index < -0.39 is 0 Å². The van der Waals surface area contributed by atoms with Crippen LogP contribution >= 0.6 is 11.6 Å². The zero-order valence-corrected chi connectivity index (χ0v) is 14.4. The van der Waals surface area contributed by atoms with E-state index in [0.29, 0.717) is 22.7 Å². The van der Waals surface area contributed by atoms with Crippen LogP contribution in [0.5, 0.6) is 0 Å². The number of nitrogens with one attached hydrogen (secondary N) is 2.